The van der Waals surface area contributed by atoms with Gasteiger partial charge in [-0.2, -0.15) is 0 Å². The van der Waals surface area contributed by atoms with Gasteiger partial charge in [-0.1, -0.05) is 13.8 Å². The first-order chi connectivity index (χ1) is 5.24. The van der Waals surface area contributed by atoms with E-state index in [1.54, 1.807) is 13.8 Å². The molecule has 5 nitrogen and oxygen atoms in total. The van der Waals surface area contributed by atoms with Crippen LogP contribution in [-0.2, 0) is 16.6 Å². The first-order valence-corrected chi connectivity index (χ1v) is 6.07. The molecule has 0 radical (unpaired) electrons. The SMILES string of the molecule is CC(C)C(NP(O)(O)=S)C(N)=O. The van der Waals surface area contributed by atoms with Gasteiger partial charge in [0.05, 0.1) is 6.04 Å². The average molecular weight is 212 g/mol. The average Bonchev–Trinajstić information content (AvgIpc) is 1.79. The van der Waals surface area contributed by atoms with Crippen LogP contribution in [0.1, 0.15) is 13.8 Å². The normalized spacial score (nSPS) is 14.8. The van der Waals surface area contributed by atoms with Gasteiger partial charge in [-0.15, -0.1) is 0 Å². The third kappa shape index (κ3) is 4.79. The van der Waals surface area contributed by atoms with E-state index in [0.717, 1.165) is 0 Å². The predicted octanol–water partition coefficient (Wildman–Crippen LogP) is -0.705. The molecule has 1 unspecified atom stereocenters. The van der Waals surface area contributed by atoms with Gasteiger partial charge in [-0.05, 0) is 17.7 Å². The molecule has 1 amide bonds. The van der Waals surface area contributed by atoms with Crippen molar-refractivity contribution in [2.24, 2.45) is 11.7 Å². The Morgan fingerprint density at radius 1 is 1.58 bits per heavy atom. The van der Waals surface area contributed by atoms with Crippen LogP contribution in [0.25, 0.3) is 0 Å². The van der Waals surface area contributed by atoms with Crippen LogP contribution >= 0.6 is 6.64 Å². The van der Waals surface area contributed by atoms with E-state index in [0.29, 0.717) is 0 Å². The number of nitrogens with one attached hydrogen (secondary N) is 1. The molecule has 7 heteroatoms. The number of amides is 1. The van der Waals surface area contributed by atoms with E-state index >= 15 is 0 Å². The fraction of sp³-hybridized carbons (Fsp3) is 0.800. The summed E-state index contributed by atoms with van der Waals surface area (Å²) >= 11 is 4.30. The molecule has 0 aromatic heterocycles. The summed E-state index contributed by atoms with van der Waals surface area (Å²) in [7, 11) is 0. The van der Waals surface area contributed by atoms with E-state index in [1.807, 2.05) is 0 Å². The summed E-state index contributed by atoms with van der Waals surface area (Å²) in [5.74, 6) is -0.758. The van der Waals surface area contributed by atoms with Crippen molar-refractivity contribution in [1.82, 2.24) is 5.09 Å². The molecule has 0 rings (SSSR count). The van der Waals surface area contributed by atoms with Crippen LogP contribution in [0.3, 0.4) is 0 Å². The highest BCUT2D eigenvalue weighted by Crippen LogP contribution is 2.30. The second-order valence-electron chi connectivity index (χ2n) is 2.80. The number of carbonyl (C=O) groups excluding carboxylic acids is 1. The Morgan fingerprint density at radius 2 is 2.00 bits per heavy atom. The number of hydrogen-bond donors (Lipinski definition) is 4. The minimum absolute atomic E-state index is 0.121. The topological polar surface area (TPSA) is 95.6 Å². The molecule has 0 saturated carbocycles. The van der Waals surface area contributed by atoms with E-state index in [4.69, 9.17) is 15.5 Å². The van der Waals surface area contributed by atoms with Crippen LogP contribution in [0.15, 0.2) is 0 Å². The van der Waals surface area contributed by atoms with Gasteiger partial charge in [0, 0.05) is 0 Å². The highest BCUT2D eigenvalue weighted by atomic mass is 32.5. The van der Waals surface area contributed by atoms with E-state index in [9.17, 15) is 4.79 Å². The zero-order valence-electron chi connectivity index (χ0n) is 6.89. The Labute approximate surface area is 76.2 Å². The predicted molar refractivity (Wildman–Crippen MR) is 49.7 cm³/mol. The van der Waals surface area contributed by atoms with Gasteiger partial charge < -0.3 is 15.5 Å². The Hall–Kier alpha value is 0. The Kier molecular flexibility index (Phi) is 4.30. The van der Waals surface area contributed by atoms with Crippen LogP contribution in [0.4, 0.5) is 0 Å². The van der Waals surface area contributed by atoms with Gasteiger partial charge in [-0.25, -0.2) is 5.09 Å². The van der Waals surface area contributed by atoms with Crippen molar-refractivity contribution in [2.75, 3.05) is 0 Å². The van der Waals surface area contributed by atoms with Crippen LogP contribution in [0.2, 0.25) is 0 Å². The van der Waals surface area contributed by atoms with Crippen molar-refractivity contribution in [3.8, 4) is 0 Å². The molecule has 0 aliphatic rings. The second-order valence-corrected chi connectivity index (χ2v) is 5.67. The molecule has 0 bridgehead atoms. The summed E-state index contributed by atoms with van der Waals surface area (Å²) in [4.78, 5) is 28.4. The third-order valence-electron chi connectivity index (χ3n) is 1.28. The van der Waals surface area contributed by atoms with Gasteiger partial charge in [-0.3, -0.25) is 4.79 Å². The molecule has 0 heterocycles. The summed E-state index contributed by atoms with van der Waals surface area (Å²) in [5, 5.41) is 2.22. The molecule has 0 aliphatic heterocycles. The van der Waals surface area contributed by atoms with Crippen LogP contribution in [-0.4, -0.2) is 21.7 Å². The minimum Gasteiger partial charge on any atom is -0.368 e. The number of hydrogen-bond acceptors (Lipinski definition) is 2. The molecule has 72 valence electrons. The van der Waals surface area contributed by atoms with Gasteiger partial charge in [0.2, 0.25) is 5.91 Å². The molecule has 5 N–H and O–H groups in total. The molecule has 0 saturated heterocycles. The van der Waals surface area contributed by atoms with Crippen LogP contribution < -0.4 is 10.8 Å². The summed E-state index contributed by atoms with van der Waals surface area (Å²) in [6.45, 7) is -0.0879. The van der Waals surface area contributed by atoms with E-state index in [2.05, 4.69) is 16.9 Å². The quantitative estimate of drug-likeness (QED) is 0.462. The van der Waals surface area contributed by atoms with Crippen LogP contribution in [0.5, 0.6) is 0 Å². The van der Waals surface area contributed by atoms with Gasteiger partial charge in [0.1, 0.15) is 0 Å². The molecule has 0 spiro atoms. The lowest BCUT2D eigenvalue weighted by atomic mass is 10.1. The fourth-order valence-electron chi connectivity index (χ4n) is 0.722. The minimum atomic E-state index is -3.55. The first kappa shape index (κ1) is 12.0. The lowest BCUT2D eigenvalue weighted by Crippen LogP contribution is -2.43. The van der Waals surface area contributed by atoms with Gasteiger partial charge in [0.25, 0.3) is 6.64 Å². The summed E-state index contributed by atoms with van der Waals surface area (Å²) < 4.78 is 0. The number of rotatable bonds is 4. The highest BCUT2D eigenvalue weighted by molar-refractivity contribution is 8.08. The maximum atomic E-state index is 10.7. The summed E-state index contributed by atoms with van der Waals surface area (Å²) in [6.07, 6.45) is 0. The zero-order chi connectivity index (χ0) is 9.94. The standard InChI is InChI=1S/C5H13N2O3PS/c1-3(2)4(5(6)8)7-11(9,10)12/h3-4H,1-2H3,(H2,6,8)(H3,7,9,10,12). The Bertz CT molecular complexity index is 215. The third-order valence-corrected chi connectivity index (χ3v) is 2.21. The number of primary amides is 1. The van der Waals surface area contributed by atoms with Gasteiger partial charge in [0.15, 0.2) is 0 Å². The molecule has 0 fully saturated rings. The first-order valence-electron chi connectivity index (χ1n) is 3.36. The van der Waals surface area contributed by atoms with Crippen molar-refractivity contribution < 1.29 is 14.6 Å². The molecular formula is C5H13N2O3PS. The molecule has 12 heavy (non-hydrogen) atoms. The monoisotopic (exact) mass is 212 g/mol. The van der Waals surface area contributed by atoms with Crippen molar-refractivity contribution in [2.45, 2.75) is 19.9 Å². The van der Waals surface area contributed by atoms with E-state index < -0.39 is 18.6 Å². The van der Waals surface area contributed by atoms with E-state index in [-0.39, 0.29) is 5.92 Å². The highest BCUT2D eigenvalue weighted by Gasteiger charge is 2.24. The molecule has 0 aromatic carbocycles. The van der Waals surface area contributed by atoms with Gasteiger partial charge >= 0.3 is 0 Å². The van der Waals surface area contributed by atoms with E-state index in [1.165, 1.54) is 0 Å². The number of carbonyl (C=O) groups is 1. The molecule has 0 aliphatic carbocycles. The second kappa shape index (κ2) is 4.30. The lowest BCUT2D eigenvalue weighted by molar-refractivity contribution is -0.120. The van der Waals surface area contributed by atoms with Crippen molar-refractivity contribution >= 4 is 24.4 Å². The molecular weight excluding hydrogens is 199 g/mol. The van der Waals surface area contributed by atoms with Crippen LogP contribution in [0, 0.1) is 5.92 Å². The maximum absolute atomic E-state index is 10.7. The Balaban J connectivity index is 4.35. The summed E-state index contributed by atoms with van der Waals surface area (Å²) in [6, 6.07) is -0.786. The maximum Gasteiger partial charge on any atom is 0.256 e. The molecule has 1 atom stereocenters. The van der Waals surface area contributed by atoms with Crippen molar-refractivity contribution in [3.05, 3.63) is 0 Å². The largest absolute Gasteiger partial charge is 0.368 e. The smallest absolute Gasteiger partial charge is 0.256 e. The summed E-state index contributed by atoms with van der Waals surface area (Å²) in [5.41, 5.74) is 4.99. The van der Waals surface area contributed by atoms with Crippen molar-refractivity contribution in [3.63, 3.8) is 0 Å². The molecule has 0 aromatic rings. The van der Waals surface area contributed by atoms with Crippen molar-refractivity contribution in [1.29, 1.82) is 0 Å². The zero-order valence-corrected chi connectivity index (χ0v) is 8.60. The Morgan fingerprint density at radius 3 is 2.08 bits per heavy atom. The fourth-order valence-corrected chi connectivity index (χ4v) is 1.85. The lowest BCUT2D eigenvalue weighted by Gasteiger charge is -2.21. The number of nitrogens with two attached hydrogens (primary N) is 1.